The summed E-state index contributed by atoms with van der Waals surface area (Å²) in [5.41, 5.74) is 1.71. The van der Waals surface area contributed by atoms with E-state index in [1.165, 1.54) is 12.8 Å². The number of nitrogens with zero attached hydrogens (tertiary/aromatic N) is 7. The zero-order valence-electron chi connectivity index (χ0n) is 14.6. The molecule has 134 valence electrons. The van der Waals surface area contributed by atoms with Gasteiger partial charge in [-0.1, -0.05) is 12.8 Å². The Labute approximate surface area is 150 Å². The molecule has 26 heavy (non-hydrogen) atoms. The molecule has 0 amide bonds. The molecule has 0 bridgehead atoms. The van der Waals surface area contributed by atoms with Crippen LogP contribution in [0.3, 0.4) is 0 Å². The quantitative estimate of drug-likeness (QED) is 0.711. The summed E-state index contributed by atoms with van der Waals surface area (Å²) in [5.74, 6) is 0.817. The van der Waals surface area contributed by atoms with E-state index in [9.17, 15) is 4.79 Å². The number of aromatic nitrogens is 6. The van der Waals surface area contributed by atoms with Gasteiger partial charge in [0.25, 0.3) is 5.56 Å². The molecule has 0 unspecified atom stereocenters. The summed E-state index contributed by atoms with van der Waals surface area (Å²) in [4.78, 5) is 28.5. The van der Waals surface area contributed by atoms with Crippen molar-refractivity contribution in [1.29, 1.82) is 0 Å². The Kier molecular flexibility index (Phi) is 3.77. The fourth-order valence-corrected chi connectivity index (χ4v) is 4.13. The largest absolute Gasteiger partial charge is 0.294 e. The van der Waals surface area contributed by atoms with Crippen LogP contribution in [0, 0.1) is 0 Å². The van der Waals surface area contributed by atoms with E-state index in [2.05, 4.69) is 20.0 Å². The zero-order chi connectivity index (χ0) is 17.5. The Bertz CT molecular complexity index is 988. The maximum Gasteiger partial charge on any atom is 0.264 e. The van der Waals surface area contributed by atoms with E-state index < -0.39 is 0 Å². The first-order valence-corrected chi connectivity index (χ1v) is 9.24. The van der Waals surface area contributed by atoms with Crippen LogP contribution in [0.25, 0.3) is 11.0 Å². The van der Waals surface area contributed by atoms with Crippen molar-refractivity contribution >= 4 is 11.0 Å². The van der Waals surface area contributed by atoms with Crippen LogP contribution in [0.15, 0.2) is 29.6 Å². The number of hydrogen-bond acceptors (Lipinski definition) is 6. The van der Waals surface area contributed by atoms with E-state index in [0.29, 0.717) is 31.1 Å². The van der Waals surface area contributed by atoms with Gasteiger partial charge in [0, 0.05) is 38.2 Å². The molecule has 0 atom stereocenters. The van der Waals surface area contributed by atoms with Crippen molar-refractivity contribution in [2.45, 2.75) is 51.4 Å². The highest BCUT2D eigenvalue weighted by atomic mass is 16.1. The highest BCUT2D eigenvalue weighted by molar-refractivity contribution is 5.73. The fourth-order valence-electron chi connectivity index (χ4n) is 4.13. The lowest BCUT2D eigenvalue weighted by atomic mass is 10.2. The Morgan fingerprint density at radius 2 is 2.00 bits per heavy atom. The molecule has 3 aromatic heterocycles. The summed E-state index contributed by atoms with van der Waals surface area (Å²) < 4.78 is 3.78. The van der Waals surface area contributed by atoms with Crippen LogP contribution in [0.1, 0.15) is 43.2 Å². The van der Waals surface area contributed by atoms with Crippen molar-refractivity contribution in [2.24, 2.45) is 0 Å². The molecule has 4 heterocycles. The molecule has 0 spiro atoms. The van der Waals surface area contributed by atoms with Gasteiger partial charge in [0.2, 0.25) is 0 Å². The fraction of sp³-hybridized carbons (Fsp3) is 0.500. The predicted octanol–water partition coefficient (Wildman–Crippen LogP) is 1.51. The molecular weight excluding hydrogens is 330 g/mol. The van der Waals surface area contributed by atoms with Gasteiger partial charge < -0.3 is 0 Å². The van der Waals surface area contributed by atoms with E-state index in [-0.39, 0.29) is 5.56 Å². The summed E-state index contributed by atoms with van der Waals surface area (Å²) in [6, 6.07) is 0.377. The lowest BCUT2D eigenvalue weighted by Crippen LogP contribution is -2.40. The molecular formula is C18H21N7O. The minimum absolute atomic E-state index is 0.0356. The minimum atomic E-state index is 0.0356. The first kappa shape index (κ1) is 15.6. The normalized spacial score (nSPS) is 18.5. The third kappa shape index (κ3) is 2.61. The monoisotopic (exact) mass is 351 g/mol. The molecule has 1 fully saturated rings. The third-order valence-electron chi connectivity index (χ3n) is 5.47. The van der Waals surface area contributed by atoms with Gasteiger partial charge in [-0.15, -0.1) is 0 Å². The zero-order valence-corrected chi connectivity index (χ0v) is 14.6. The number of rotatable bonds is 3. The molecule has 1 aliphatic carbocycles. The van der Waals surface area contributed by atoms with Crippen LogP contribution in [-0.4, -0.2) is 40.7 Å². The average Bonchev–Trinajstić information content (AvgIpc) is 3.32. The molecule has 0 radical (unpaired) electrons. The van der Waals surface area contributed by atoms with Gasteiger partial charge in [0.15, 0.2) is 5.65 Å². The molecule has 8 nitrogen and oxygen atoms in total. The van der Waals surface area contributed by atoms with Crippen molar-refractivity contribution in [3.8, 4) is 0 Å². The van der Waals surface area contributed by atoms with Crippen LogP contribution in [0.4, 0.5) is 0 Å². The van der Waals surface area contributed by atoms with Gasteiger partial charge in [-0.05, 0) is 12.8 Å². The molecule has 0 saturated heterocycles. The maximum atomic E-state index is 12.9. The summed E-state index contributed by atoms with van der Waals surface area (Å²) in [6.45, 7) is 2.79. The lowest BCUT2D eigenvalue weighted by molar-refractivity contribution is 0.202. The Morgan fingerprint density at radius 1 is 1.12 bits per heavy atom. The summed E-state index contributed by atoms with van der Waals surface area (Å²) in [6.07, 6.45) is 11.6. The first-order chi connectivity index (χ1) is 12.8. The average molecular weight is 351 g/mol. The standard InChI is InChI=1S/C18H21N7O/c26-18-15-10-21-25(14-3-1-2-4-14)17(15)22-16-12-23(7-8-24(16)18)11-13-9-19-5-6-20-13/h5-6,9-10,14H,1-4,7-8,11-12H2. The minimum Gasteiger partial charge on any atom is -0.294 e. The number of hydrogen-bond donors (Lipinski definition) is 0. The maximum absolute atomic E-state index is 12.9. The Balaban J connectivity index is 1.49. The molecule has 1 aliphatic heterocycles. The van der Waals surface area contributed by atoms with Gasteiger partial charge in [0.05, 0.1) is 24.5 Å². The van der Waals surface area contributed by atoms with Crippen LogP contribution < -0.4 is 5.56 Å². The van der Waals surface area contributed by atoms with Crippen LogP contribution in [-0.2, 0) is 19.6 Å². The Morgan fingerprint density at radius 3 is 2.81 bits per heavy atom. The van der Waals surface area contributed by atoms with Crippen molar-refractivity contribution in [3.05, 3.63) is 46.7 Å². The van der Waals surface area contributed by atoms with Gasteiger partial charge >= 0.3 is 0 Å². The lowest BCUT2D eigenvalue weighted by Gasteiger charge is -2.28. The van der Waals surface area contributed by atoms with Crippen LogP contribution in [0.2, 0.25) is 0 Å². The van der Waals surface area contributed by atoms with Crippen LogP contribution in [0.5, 0.6) is 0 Å². The number of fused-ring (bicyclic) bond motifs is 2. The van der Waals surface area contributed by atoms with E-state index in [1.54, 1.807) is 29.4 Å². The third-order valence-corrected chi connectivity index (χ3v) is 5.47. The van der Waals surface area contributed by atoms with Gasteiger partial charge in [-0.25, -0.2) is 9.67 Å². The van der Waals surface area contributed by atoms with Crippen molar-refractivity contribution < 1.29 is 0 Å². The molecule has 2 aliphatic rings. The predicted molar refractivity (Wildman–Crippen MR) is 95.4 cm³/mol. The Hall–Kier alpha value is -2.61. The highest BCUT2D eigenvalue weighted by Gasteiger charge is 2.25. The second-order valence-corrected chi connectivity index (χ2v) is 7.16. The van der Waals surface area contributed by atoms with E-state index >= 15 is 0 Å². The molecule has 1 saturated carbocycles. The summed E-state index contributed by atoms with van der Waals surface area (Å²) >= 11 is 0. The first-order valence-electron chi connectivity index (χ1n) is 9.24. The van der Waals surface area contributed by atoms with E-state index in [4.69, 9.17) is 4.98 Å². The van der Waals surface area contributed by atoms with Crippen molar-refractivity contribution in [1.82, 2.24) is 34.2 Å². The van der Waals surface area contributed by atoms with Crippen LogP contribution >= 0.6 is 0 Å². The molecule has 3 aromatic rings. The molecule has 0 aromatic carbocycles. The molecule has 5 rings (SSSR count). The molecule has 0 N–H and O–H groups in total. The van der Waals surface area contributed by atoms with E-state index in [1.807, 2.05) is 4.68 Å². The second-order valence-electron chi connectivity index (χ2n) is 7.16. The van der Waals surface area contributed by atoms with E-state index in [0.717, 1.165) is 36.6 Å². The SMILES string of the molecule is O=c1c2cnn(C3CCCC3)c2nc2n1CCN(Cc1cnccn1)C2. The van der Waals surface area contributed by atoms with Crippen molar-refractivity contribution in [2.75, 3.05) is 6.54 Å². The second kappa shape index (κ2) is 6.28. The van der Waals surface area contributed by atoms with Gasteiger partial charge in [-0.2, -0.15) is 5.10 Å². The smallest absolute Gasteiger partial charge is 0.264 e. The summed E-state index contributed by atoms with van der Waals surface area (Å²) in [5, 5.41) is 5.15. The van der Waals surface area contributed by atoms with Crippen molar-refractivity contribution in [3.63, 3.8) is 0 Å². The molecule has 8 heteroatoms. The van der Waals surface area contributed by atoms with Gasteiger partial charge in [-0.3, -0.25) is 24.2 Å². The topological polar surface area (TPSA) is 81.7 Å². The highest BCUT2D eigenvalue weighted by Crippen LogP contribution is 2.30. The van der Waals surface area contributed by atoms with Gasteiger partial charge in [0.1, 0.15) is 11.2 Å². The summed E-state index contributed by atoms with van der Waals surface area (Å²) in [7, 11) is 0.